The lowest BCUT2D eigenvalue weighted by Gasteiger charge is -2.27. The molecule has 0 radical (unpaired) electrons. The molecule has 228 valence electrons. The van der Waals surface area contributed by atoms with Gasteiger partial charge in [0, 0.05) is 23.6 Å². The van der Waals surface area contributed by atoms with Crippen molar-refractivity contribution in [2.45, 2.75) is 45.2 Å². The molecule has 0 saturated carbocycles. The van der Waals surface area contributed by atoms with Gasteiger partial charge in [-0.2, -0.15) is 13.2 Å². The smallest absolute Gasteiger partial charge is 0.427 e. The Hall–Kier alpha value is -4.07. The second kappa shape index (κ2) is 11.8. The van der Waals surface area contributed by atoms with Crippen molar-refractivity contribution in [3.63, 3.8) is 0 Å². The zero-order chi connectivity index (χ0) is 31.2. The molecule has 0 bridgehead atoms. The van der Waals surface area contributed by atoms with Crippen LogP contribution in [-0.4, -0.2) is 43.3 Å². The molecule has 8 nitrogen and oxygen atoms in total. The van der Waals surface area contributed by atoms with Gasteiger partial charge in [-0.25, -0.2) is 24.1 Å². The normalized spacial score (nSPS) is 15.0. The molecule has 1 saturated heterocycles. The number of imidazole rings is 1. The van der Waals surface area contributed by atoms with Crippen LogP contribution in [0.15, 0.2) is 48.7 Å². The van der Waals surface area contributed by atoms with E-state index in [-0.39, 0.29) is 29.2 Å². The van der Waals surface area contributed by atoms with Gasteiger partial charge in [0.05, 0.1) is 41.1 Å². The highest BCUT2D eigenvalue weighted by molar-refractivity contribution is 7.11. The van der Waals surface area contributed by atoms with E-state index in [1.807, 2.05) is 17.6 Å². The van der Waals surface area contributed by atoms with Crippen molar-refractivity contribution < 1.29 is 36.9 Å². The number of hydrogen-bond acceptors (Lipinski definition) is 7. The van der Waals surface area contributed by atoms with Gasteiger partial charge >= 0.3 is 12.1 Å². The largest absolute Gasteiger partial charge is 0.478 e. The predicted octanol–water partition coefficient (Wildman–Crippen LogP) is 7.33. The van der Waals surface area contributed by atoms with Crippen LogP contribution in [0.4, 0.5) is 17.6 Å². The Labute approximate surface area is 256 Å². The minimum atomic E-state index is -4.52. The summed E-state index contributed by atoms with van der Waals surface area (Å²) in [7, 11) is 0. The van der Waals surface area contributed by atoms with E-state index in [1.165, 1.54) is 12.1 Å². The Morgan fingerprint density at radius 3 is 2.68 bits per heavy atom. The van der Waals surface area contributed by atoms with Crippen LogP contribution < -0.4 is 4.74 Å². The van der Waals surface area contributed by atoms with Crippen molar-refractivity contribution in [2.24, 2.45) is 0 Å². The van der Waals surface area contributed by atoms with Crippen LogP contribution in [0, 0.1) is 12.7 Å². The summed E-state index contributed by atoms with van der Waals surface area (Å²) >= 11 is 7.16. The summed E-state index contributed by atoms with van der Waals surface area (Å²) in [5.74, 6) is -1.49. The predicted molar refractivity (Wildman–Crippen MR) is 155 cm³/mol. The molecule has 2 aromatic carbocycles. The Morgan fingerprint density at radius 1 is 1.20 bits per heavy atom. The third-order valence-electron chi connectivity index (χ3n) is 7.25. The van der Waals surface area contributed by atoms with Gasteiger partial charge in [0.25, 0.3) is 5.88 Å². The second-order valence-corrected chi connectivity index (χ2v) is 11.8. The van der Waals surface area contributed by atoms with Crippen molar-refractivity contribution >= 4 is 39.9 Å². The van der Waals surface area contributed by atoms with Crippen LogP contribution in [-0.2, 0) is 30.5 Å². The molecule has 1 fully saturated rings. The molecule has 0 spiro atoms. The molecule has 14 heteroatoms. The van der Waals surface area contributed by atoms with Gasteiger partial charge in [-0.15, -0.1) is 11.3 Å². The molecule has 0 aliphatic carbocycles. The number of pyridine rings is 1. The average Bonchev–Trinajstić information content (AvgIpc) is 3.56. The van der Waals surface area contributed by atoms with Crippen LogP contribution in [0.1, 0.15) is 43.6 Å². The van der Waals surface area contributed by atoms with E-state index in [0.29, 0.717) is 70.2 Å². The number of carbonyl (C=O) groups is 1. The van der Waals surface area contributed by atoms with Gasteiger partial charge < -0.3 is 19.1 Å². The molecule has 44 heavy (non-hydrogen) atoms. The summed E-state index contributed by atoms with van der Waals surface area (Å²) in [6.07, 6.45) is -2.57. The van der Waals surface area contributed by atoms with Crippen LogP contribution in [0.2, 0.25) is 5.02 Å². The van der Waals surface area contributed by atoms with Gasteiger partial charge in [0.2, 0.25) is 0 Å². The molecule has 1 N–H and O–H groups in total. The van der Waals surface area contributed by atoms with E-state index in [2.05, 4.69) is 9.97 Å². The van der Waals surface area contributed by atoms with Gasteiger partial charge in [-0.1, -0.05) is 17.7 Å². The second-order valence-electron chi connectivity index (χ2n) is 10.3. The first kappa shape index (κ1) is 30.0. The third kappa shape index (κ3) is 6.12. The minimum Gasteiger partial charge on any atom is -0.478 e. The molecule has 1 aliphatic rings. The number of fused-ring (bicyclic) bond motifs is 1. The fourth-order valence-corrected chi connectivity index (χ4v) is 5.84. The zero-order valence-corrected chi connectivity index (χ0v) is 24.6. The van der Waals surface area contributed by atoms with Crippen molar-refractivity contribution in [1.82, 2.24) is 19.5 Å². The maximum absolute atomic E-state index is 14.5. The molecule has 1 atom stereocenters. The van der Waals surface area contributed by atoms with Crippen molar-refractivity contribution in [3.8, 4) is 17.1 Å². The Balaban J connectivity index is 1.27. The molecule has 3 aromatic heterocycles. The maximum Gasteiger partial charge on any atom is 0.427 e. The van der Waals surface area contributed by atoms with E-state index in [4.69, 9.17) is 26.1 Å². The number of nitrogens with zero attached hydrogens (tertiary/aromatic N) is 4. The molecular weight excluding hydrogens is 624 g/mol. The standard InChI is InChI=1S/C30H23ClF4N4O4S/c1-15-8-17(10-26-37-23-4-2-16(29(40)41)9-24(23)39(26)13-18-6-7-42-18)20(31)11-19(15)22-5-3-21(32)28(38-22)43-14-27-36-12-25(44-27)30(33,34)35/h2-5,8-9,11-12,18H,6-7,10,13-14H2,1H3,(H,40,41)/t18-/m0/s1. The Kier molecular flexibility index (Phi) is 8.03. The molecule has 0 amide bonds. The highest BCUT2D eigenvalue weighted by Crippen LogP contribution is 2.35. The van der Waals surface area contributed by atoms with Crippen LogP contribution in [0.5, 0.6) is 5.88 Å². The lowest BCUT2D eigenvalue weighted by atomic mass is 10.00. The summed E-state index contributed by atoms with van der Waals surface area (Å²) in [6, 6.07) is 11.0. The van der Waals surface area contributed by atoms with Gasteiger partial charge in [0.15, 0.2) is 5.82 Å². The average molecular weight is 647 g/mol. The fraction of sp³-hybridized carbons (Fsp3) is 0.267. The maximum atomic E-state index is 14.5. The Morgan fingerprint density at radius 2 is 2.00 bits per heavy atom. The number of aryl methyl sites for hydroxylation is 1. The number of thiazole rings is 1. The first-order chi connectivity index (χ1) is 21.0. The zero-order valence-electron chi connectivity index (χ0n) is 23.0. The van der Waals surface area contributed by atoms with Gasteiger partial charge in [-0.05, 0) is 60.9 Å². The number of rotatable bonds is 9. The van der Waals surface area contributed by atoms with Crippen molar-refractivity contribution in [2.75, 3.05) is 6.61 Å². The van der Waals surface area contributed by atoms with E-state index >= 15 is 0 Å². The van der Waals surface area contributed by atoms with E-state index in [9.17, 15) is 27.5 Å². The summed E-state index contributed by atoms with van der Waals surface area (Å²) < 4.78 is 66.2. The number of carboxylic acids is 1. The topological polar surface area (TPSA) is 99.4 Å². The lowest BCUT2D eigenvalue weighted by molar-refractivity contribution is -0.134. The van der Waals surface area contributed by atoms with Gasteiger partial charge in [-0.3, -0.25) is 0 Å². The van der Waals surface area contributed by atoms with Crippen LogP contribution in [0.3, 0.4) is 0 Å². The van der Waals surface area contributed by atoms with Crippen molar-refractivity contribution in [3.05, 3.63) is 91.9 Å². The lowest BCUT2D eigenvalue weighted by Crippen LogP contribution is -2.31. The number of halogens is 5. The molecule has 5 aromatic rings. The number of carboxylic acid groups (broad SMARTS) is 1. The number of alkyl halides is 3. The van der Waals surface area contributed by atoms with Crippen LogP contribution >= 0.6 is 22.9 Å². The number of aromatic carboxylic acids is 1. The monoisotopic (exact) mass is 646 g/mol. The molecule has 1 aliphatic heterocycles. The first-order valence-electron chi connectivity index (χ1n) is 13.4. The highest BCUT2D eigenvalue weighted by atomic mass is 35.5. The number of hydrogen-bond donors (Lipinski definition) is 1. The van der Waals surface area contributed by atoms with E-state index in [1.54, 1.807) is 18.2 Å². The number of aromatic nitrogens is 4. The van der Waals surface area contributed by atoms with E-state index < -0.39 is 22.8 Å². The summed E-state index contributed by atoms with van der Waals surface area (Å²) in [5.41, 5.74) is 4.02. The quantitative estimate of drug-likeness (QED) is 0.167. The molecule has 4 heterocycles. The third-order valence-corrected chi connectivity index (χ3v) is 8.62. The molecular formula is C30H23ClF4N4O4S. The van der Waals surface area contributed by atoms with Crippen molar-refractivity contribution in [1.29, 1.82) is 0 Å². The SMILES string of the molecule is Cc1cc(Cc2nc3ccc(C(=O)O)cc3n2C[C@@H]2CCO2)c(Cl)cc1-c1ccc(F)c(OCc2ncc(C(F)(F)F)s2)n1. The van der Waals surface area contributed by atoms with Crippen LogP contribution in [0.25, 0.3) is 22.3 Å². The number of benzene rings is 2. The number of ether oxygens (including phenoxy) is 2. The molecule has 0 unspecified atom stereocenters. The summed E-state index contributed by atoms with van der Waals surface area (Å²) in [4.78, 5) is 23.5. The minimum absolute atomic E-state index is 0.00229. The highest BCUT2D eigenvalue weighted by Gasteiger charge is 2.33. The first-order valence-corrected chi connectivity index (χ1v) is 14.6. The summed E-state index contributed by atoms with van der Waals surface area (Å²) in [6.45, 7) is 2.66. The fourth-order valence-electron chi connectivity index (χ4n) is 4.91. The Bertz CT molecular complexity index is 1890. The molecule has 6 rings (SSSR count). The van der Waals surface area contributed by atoms with Gasteiger partial charge in [0.1, 0.15) is 22.3 Å². The van der Waals surface area contributed by atoms with E-state index in [0.717, 1.165) is 23.6 Å². The summed E-state index contributed by atoms with van der Waals surface area (Å²) in [5, 5.41) is 9.94.